The first kappa shape index (κ1) is 16.2. The SMILES string of the molecule is COCC(=O)Nc1cc(C(=O)N2CCCCC2)cn(C)c1=O. The Morgan fingerprint density at radius 3 is 2.59 bits per heavy atom. The third-order valence-electron chi connectivity index (χ3n) is 3.62. The Bertz CT molecular complexity index is 618. The van der Waals surface area contributed by atoms with Gasteiger partial charge in [0.25, 0.3) is 11.5 Å². The molecule has 1 fully saturated rings. The van der Waals surface area contributed by atoms with E-state index >= 15 is 0 Å². The highest BCUT2D eigenvalue weighted by molar-refractivity contribution is 5.97. The molecule has 1 N–H and O–H groups in total. The van der Waals surface area contributed by atoms with Crippen LogP contribution in [-0.2, 0) is 16.6 Å². The summed E-state index contributed by atoms with van der Waals surface area (Å²) < 4.78 is 6.03. The van der Waals surface area contributed by atoms with Gasteiger partial charge in [-0.2, -0.15) is 0 Å². The third kappa shape index (κ3) is 3.73. The number of pyridine rings is 1. The van der Waals surface area contributed by atoms with Crippen molar-refractivity contribution in [3.8, 4) is 0 Å². The fraction of sp³-hybridized carbons (Fsp3) is 0.533. The van der Waals surface area contributed by atoms with Crippen LogP contribution in [0.5, 0.6) is 0 Å². The van der Waals surface area contributed by atoms with Gasteiger partial charge in [-0.15, -0.1) is 0 Å². The normalized spacial score (nSPS) is 14.7. The summed E-state index contributed by atoms with van der Waals surface area (Å²) in [6.45, 7) is 1.31. The van der Waals surface area contributed by atoms with Gasteiger partial charge in [0.15, 0.2) is 0 Å². The van der Waals surface area contributed by atoms with Crippen LogP contribution in [0.15, 0.2) is 17.1 Å². The Hall–Kier alpha value is -2.15. The van der Waals surface area contributed by atoms with E-state index in [0.717, 1.165) is 32.4 Å². The molecule has 22 heavy (non-hydrogen) atoms. The smallest absolute Gasteiger partial charge is 0.274 e. The minimum absolute atomic E-state index is 0.0902. The van der Waals surface area contributed by atoms with Crippen LogP contribution < -0.4 is 10.9 Å². The van der Waals surface area contributed by atoms with Gasteiger partial charge in [-0.05, 0) is 25.3 Å². The third-order valence-corrected chi connectivity index (χ3v) is 3.62. The van der Waals surface area contributed by atoms with Gasteiger partial charge in [0.05, 0.1) is 5.56 Å². The molecular weight excluding hydrogens is 286 g/mol. The Labute approximate surface area is 128 Å². The molecule has 0 spiro atoms. The maximum atomic E-state index is 12.5. The number of carbonyl (C=O) groups is 2. The molecule has 2 heterocycles. The number of piperidine rings is 1. The molecule has 1 aliphatic rings. The fourth-order valence-corrected chi connectivity index (χ4v) is 2.52. The zero-order chi connectivity index (χ0) is 16.1. The minimum atomic E-state index is -0.429. The topological polar surface area (TPSA) is 80.6 Å². The molecule has 1 saturated heterocycles. The van der Waals surface area contributed by atoms with Crippen molar-refractivity contribution in [3.63, 3.8) is 0 Å². The summed E-state index contributed by atoms with van der Waals surface area (Å²) in [7, 11) is 2.95. The summed E-state index contributed by atoms with van der Waals surface area (Å²) in [4.78, 5) is 37.9. The van der Waals surface area contributed by atoms with E-state index in [1.54, 1.807) is 11.9 Å². The van der Waals surface area contributed by atoms with E-state index in [-0.39, 0.29) is 23.8 Å². The Morgan fingerprint density at radius 2 is 1.95 bits per heavy atom. The van der Waals surface area contributed by atoms with Gasteiger partial charge in [-0.25, -0.2) is 0 Å². The van der Waals surface area contributed by atoms with Crippen LogP contribution in [-0.4, -0.2) is 48.1 Å². The summed E-state index contributed by atoms with van der Waals surface area (Å²) in [5.41, 5.74) is 0.128. The number of methoxy groups -OCH3 is 1. The number of nitrogens with one attached hydrogen (secondary N) is 1. The van der Waals surface area contributed by atoms with Gasteiger partial charge in [0.1, 0.15) is 12.3 Å². The Balaban J connectivity index is 2.25. The summed E-state index contributed by atoms with van der Waals surface area (Å²) in [5.74, 6) is -0.542. The van der Waals surface area contributed by atoms with Gasteiger partial charge in [-0.1, -0.05) is 0 Å². The number of carbonyl (C=O) groups excluding carboxylic acids is 2. The van der Waals surface area contributed by atoms with Crippen LogP contribution >= 0.6 is 0 Å². The largest absolute Gasteiger partial charge is 0.375 e. The zero-order valence-corrected chi connectivity index (χ0v) is 12.9. The number of likely N-dealkylation sites (tertiary alicyclic amines) is 1. The number of hydrogen-bond acceptors (Lipinski definition) is 4. The van der Waals surface area contributed by atoms with Crippen molar-refractivity contribution in [2.45, 2.75) is 19.3 Å². The highest BCUT2D eigenvalue weighted by atomic mass is 16.5. The first-order valence-corrected chi connectivity index (χ1v) is 7.31. The molecule has 0 atom stereocenters. The monoisotopic (exact) mass is 307 g/mol. The standard InChI is InChI=1S/C15H21N3O4/c1-17-9-11(14(20)18-6-4-3-5-7-18)8-12(15(17)21)16-13(19)10-22-2/h8-9H,3-7,10H2,1-2H3,(H,16,19). The predicted molar refractivity (Wildman–Crippen MR) is 81.9 cm³/mol. The molecule has 1 aromatic rings. The number of hydrogen-bond donors (Lipinski definition) is 1. The molecule has 7 nitrogen and oxygen atoms in total. The van der Waals surface area contributed by atoms with Gasteiger partial charge >= 0.3 is 0 Å². The van der Waals surface area contributed by atoms with Gasteiger partial charge in [0, 0.05) is 33.4 Å². The average molecular weight is 307 g/mol. The highest BCUT2D eigenvalue weighted by Gasteiger charge is 2.20. The summed E-state index contributed by atoms with van der Waals surface area (Å²) >= 11 is 0. The van der Waals surface area contributed by atoms with Crippen LogP contribution in [0, 0.1) is 0 Å². The highest BCUT2D eigenvalue weighted by Crippen LogP contribution is 2.14. The van der Waals surface area contributed by atoms with Gasteiger partial charge in [0.2, 0.25) is 5.91 Å². The van der Waals surface area contributed by atoms with E-state index in [2.05, 4.69) is 5.32 Å². The van der Waals surface area contributed by atoms with Crippen LogP contribution in [0.4, 0.5) is 5.69 Å². The van der Waals surface area contributed by atoms with E-state index in [1.165, 1.54) is 23.9 Å². The molecule has 0 bridgehead atoms. The second-order valence-electron chi connectivity index (χ2n) is 5.39. The lowest BCUT2D eigenvalue weighted by Crippen LogP contribution is -2.36. The van der Waals surface area contributed by atoms with Crippen molar-refractivity contribution in [2.75, 3.05) is 32.1 Å². The summed E-state index contributed by atoms with van der Waals surface area (Å²) in [6.07, 6.45) is 4.63. The van der Waals surface area contributed by atoms with Crippen molar-refractivity contribution in [1.82, 2.24) is 9.47 Å². The molecule has 0 aliphatic carbocycles. The van der Waals surface area contributed by atoms with E-state index in [0.29, 0.717) is 5.56 Å². The van der Waals surface area contributed by atoms with E-state index in [1.807, 2.05) is 0 Å². The van der Waals surface area contributed by atoms with Crippen molar-refractivity contribution in [2.24, 2.45) is 7.05 Å². The number of aromatic nitrogens is 1. The van der Waals surface area contributed by atoms with Crippen molar-refractivity contribution in [1.29, 1.82) is 0 Å². The number of nitrogens with zero attached hydrogens (tertiary/aromatic N) is 2. The minimum Gasteiger partial charge on any atom is -0.375 e. The molecule has 1 aliphatic heterocycles. The molecule has 0 unspecified atom stereocenters. The molecule has 7 heteroatoms. The second-order valence-corrected chi connectivity index (χ2v) is 5.39. The molecule has 0 radical (unpaired) electrons. The van der Waals surface area contributed by atoms with Gasteiger partial charge in [-0.3, -0.25) is 14.4 Å². The number of anilines is 1. The first-order chi connectivity index (χ1) is 10.5. The van der Waals surface area contributed by atoms with Crippen LogP contribution in [0.25, 0.3) is 0 Å². The summed E-state index contributed by atoms with van der Waals surface area (Å²) in [6, 6.07) is 1.44. The van der Waals surface area contributed by atoms with Crippen LogP contribution in [0.3, 0.4) is 0 Å². The lowest BCUT2D eigenvalue weighted by atomic mass is 10.1. The molecule has 2 amide bonds. The molecule has 120 valence electrons. The number of ether oxygens (including phenoxy) is 1. The second kappa shape index (κ2) is 7.22. The lowest BCUT2D eigenvalue weighted by molar-refractivity contribution is -0.119. The maximum Gasteiger partial charge on any atom is 0.274 e. The molecule has 0 aromatic carbocycles. The first-order valence-electron chi connectivity index (χ1n) is 7.31. The molecular formula is C15H21N3O4. The quantitative estimate of drug-likeness (QED) is 0.883. The average Bonchev–Trinajstić information content (AvgIpc) is 2.52. The van der Waals surface area contributed by atoms with Crippen LogP contribution in [0.2, 0.25) is 0 Å². The predicted octanol–water partition coefficient (Wildman–Crippen LogP) is 0.596. The summed E-state index contributed by atoms with van der Waals surface area (Å²) in [5, 5.41) is 2.48. The maximum absolute atomic E-state index is 12.5. The fourth-order valence-electron chi connectivity index (χ4n) is 2.52. The van der Waals surface area contributed by atoms with Crippen LogP contribution in [0.1, 0.15) is 29.6 Å². The van der Waals surface area contributed by atoms with E-state index in [4.69, 9.17) is 4.74 Å². The van der Waals surface area contributed by atoms with Gasteiger partial charge < -0.3 is 19.5 Å². The molecule has 1 aromatic heterocycles. The Kier molecular flexibility index (Phi) is 5.32. The van der Waals surface area contributed by atoms with Crippen molar-refractivity contribution >= 4 is 17.5 Å². The number of rotatable bonds is 4. The number of amides is 2. The van der Waals surface area contributed by atoms with E-state index in [9.17, 15) is 14.4 Å². The van der Waals surface area contributed by atoms with E-state index < -0.39 is 5.91 Å². The van der Waals surface area contributed by atoms with Crippen molar-refractivity contribution in [3.05, 3.63) is 28.2 Å². The Morgan fingerprint density at radius 1 is 1.27 bits per heavy atom. The molecule has 0 saturated carbocycles. The zero-order valence-electron chi connectivity index (χ0n) is 12.9. The lowest BCUT2D eigenvalue weighted by Gasteiger charge is -2.27. The van der Waals surface area contributed by atoms with Crippen molar-refractivity contribution < 1.29 is 14.3 Å². The number of aryl methyl sites for hydroxylation is 1. The molecule has 2 rings (SSSR count).